The number of hydrogen-bond acceptors (Lipinski definition) is 4. The van der Waals surface area contributed by atoms with Crippen LogP contribution in [0.5, 0.6) is 5.75 Å². The van der Waals surface area contributed by atoms with E-state index in [0.29, 0.717) is 30.1 Å². The highest BCUT2D eigenvalue weighted by Gasteiger charge is 2.18. The first-order valence-electron chi connectivity index (χ1n) is 8.20. The molecule has 0 spiro atoms. The number of ether oxygens (including phenoxy) is 1. The molecule has 1 saturated heterocycles. The zero-order valence-electron chi connectivity index (χ0n) is 14.1. The van der Waals surface area contributed by atoms with Gasteiger partial charge in [0.1, 0.15) is 5.75 Å². The van der Waals surface area contributed by atoms with Gasteiger partial charge in [-0.1, -0.05) is 18.2 Å². The highest BCUT2D eigenvalue weighted by Crippen LogP contribution is 2.30. The van der Waals surface area contributed by atoms with Crippen molar-refractivity contribution < 1.29 is 14.3 Å². The van der Waals surface area contributed by atoms with Gasteiger partial charge in [-0.3, -0.25) is 9.59 Å². The van der Waals surface area contributed by atoms with Gasteiger partial charge in [-0.05, 0) is 30.3 Å². The van der Waals surface area contributed by atoms with Crippen molar-refractivity contribution >= 4 is 23.7 Å². The number of hydrogen-bond donors (Lipinski definition) is 1. The molecule has 0 unspecified atom stereocenters. The van der Waals surface area contributed by atoms with E-state index in [0.717, 1.165) is 25.2 Å². The zero-order valence-corrected chi connectivity index (χ0v) is 14.1. The van der Waals surface area contributed by atoms with Crippen LogP contribution in [0.25, 0.3) is 0 Å². The summed E-state index contributed by atoms with van der Waals surface area (Å²) in [7, 11) is 1.58. The Labute approximate surface area is 147 Å². The van der Waals surface area contributed by atoms with Crippen molar-refractivity contribution in [2.24, 2.45) is 0 Å². The highest BCUT2D eigenvalue weighted by atomic mass is 16.5. The van der Waals surface area contributed by atoms with Crippen LogP contribution in [0.2, 0.25) is 0 Å². The largest absolute Gasteiger partial charge is 0.495 e. The smallest absolute Gasteiger partial charge is 0.255 e. The number of rotatable bonds is 5. The van der Waals surface area contributed by atoms with E-state index >= 15 is 0 Å². The molecule has 6 heteroatoms. The van der Waals surface area contributed by atoms with Crippen molar-refractivity contribution in [2.45, 2.75) is 0 Å². The van der Waals surface area contributed by atoms with Gasteiger partial charge in [-0.15, -0.1) is 0 Å². The molecule has 25 heavy (non-hydrogen) atoms. The van der Waals surface area contributed by atoms with Crippen LogP contribution in [0.3, 0.4) is 0 Å². The number of benzene rings is 2. The van der Waals surface area contributed by atoms with Crippen LogP contribution in [0.15, 0.2) is 48.5 Å². The number of nitrogens with one attached hydrogen (secondary N) is 1. The van der Waals surface area contributed by atoms with Crippen LogP contribution in [0, 0.1) is 0 Å². The van der Waals surface area contributed by atoms with Crippen LogP contribution < -0.4 is 15.0 Å². The fourth-order valence-corrected chi connectivity index (χ4v) is 2.86. The first-order chi connectivity index (χ1) is 12.2. The lowest BCUT2D eigenvalue weighted by Gasteiger charge is -2.34. The molecule has 0 bridgehead atoms. The maximum atomic E-state index is 12.4. The van der Waals surface area contributed by atoms with Crippen LogP contribution in [0.4, 0.5) is 11.4 Å². The molecule has 1 heterocycles. The molecule has 2 aromatic carbocycles. The summed E-state index contributed by atoms with van der Waals surface area (Å²) < 4.78 is 5.37. The minimum Gasteiger partial charge on any atom is -0.495 e. The highest BCUT2D eigenvalue weighted by molar-refractivity contribution is 6.05. The summed E-state index contributed by atoms with van der Waals surface area (Å²) in [6.07, 6.45) is 0.886. The quantitative estimate of drug-likeness (QED) is 0.849. The second kappa shape index (κ2) is 7.70. The van der Waals surface area contributed by atoms with E-state index in [1.165, 1.54) is 0 Å². The van der Waals surface area contributed by atoms with Crippen LogP contribution in [0.1, 0.15) is 10.4 Å². The van der Waals surface area contributed by atoms with Crippen LogP contribution in [-0.4, -0.2) is 50.5 Å². The maximum absolute atomic E-state index is 12.4. The fraction of sp³-hybridized carbons (Fsp3) is 0.263. The number of carbonyl (C=O) groups excluding carboxylic acids is 2. The number of piperazine rings is 1. The maximum Gasteiger partial charge on any atom is 0.255 e. The molecule has 0 saturated carbocycles. The zero-order chi connectivity index (χ0) is 17.6. The van der Waals surface area contributed by atoms with E-state index < -0.39 is 0 Å². The van der Waals surface area contributed by atoms with E-state index in [9.17, 15) is 9.59 Å². The summed E-state index contributed by atoms with van der Waals surface area (Å²) in [5.41, 5.74) is 2.22. The monoisotopic (exact) mass is 339 g/mol. The van der Waals surface area contributed by atoms with Crippen molar-refractivity contribution in [2.75, 3.05) is 43.5 Å². The van der Waals surface area contributed by atoms with E-state index in [1.54, 1.807) is 24.1 Å². The first-order valence-corrected chi connectivity index (χ1v) is 8.20. The van der Waals surface area contributed by atoms with Gasteiger partial charge < -0.3 is 19.9 Å². The summed E-state index contributed by atoms with van der Waals surface area (Å²) in [5.74, 6) is 0.432. The van der Waals surface area contributed by atoms with Gasteiger partial charge in [0.2, 0.25) is 6.41 Å². The molecule has 6 nitrogen and oxygen atoms in total. The Kier molecular flexibility index (Phi) is 5.18. The molecule has 1 fully saturated rings. The van der Waals surface area contributed by atoms with E-state index in [2.05, 4.69) is 10.2 Å². The van der Waals surface area contributed by atoms with Crippen LogP contribution >= 0.6 is 0 Å². The van der Waals surface area contributed by atoms with Gasteiger partial charge in [0, 0.05) is 37.4 Å². The minimum atomic E-state index is -0.179. The number of anilines is 2. The molecule has 130 valence electrons. The minimum absolute atomic E-state index is 0.179. The van der Waals surface area contributed by atoms with Gasteiger partial charge in [-0.25, -0.2) is 0 Å². The molecule has 2 amide bonds. The number of methoxy groups -OCH3 is 1. The van der Waals surface area contributed by atoms with Gasteiger partial charge in [0.25, 0.3) is 5.91 Å². The average molecular weight is 339 g/mol. The first kappa shape index (κ1) is 16.8. The predicted octanol–water partition coefficient (Wildman–Crippen LogP) is 2.23. The average Bonchev–Trinajstić information content (AvgIpc) is 2.68. The summed E-state index contributed by atoms with van der Waals surface area (Å²) in [6, 6.07) is 14.8. The molecule has 1 aliphatic heterocycles. The van der Waals surface area contributed by atoms with Crippen molar-refractivity contribution in [3.63, 3.8) is 0 Å². The Morgan fingerprint density at radius 3 is 2.44 bits per heavy atom. The molecular weight excluding hydrogens is 318 g/mol. The molecule has 3 rings (SSSR count). The summed E-state index contributed by atoms with van der Waals surface area (Å²) in [6.45, 7) is 2.91. The molecule has 0 atom stereocenters. The fourth-order valence-electron chi connectivity index (χ4n) is 2.86. The third-order valence-electron chi connectivity index (χ3n) is 4.30. The second-order valence-corrected chi connectivity index (χ2v) is 5.83. The van der Waals surface area contributed by atoms with Crippen LogP contribution in [-0.2, 0) is 4.79 Å². The molecule has 1 aliphatic rings. The van der Waals surface area contributed by atoms with Crippen molar-refractivity contribution in [3.05, 3.63) is 54.1 Å². The molecule has 1 N–H and O–H groups in total. The second-order valence-electron chi connectivity index (χ2n) is 5.83. The topological polar surface area (TPSA) is 61.9 Å². The molecule has 0 radical (unpaired) electrons. The van der Waals surface area contributed by atoms with Gasteiger partial charge in [-0.2, -0.15) is 0 Å². The number of carbonyl (C=O) groups is 2. The van der Waals surface area contributed by atoms with Gasteiger partial charge in [0.05, 0.1) is 12.8 Å². The SMILES string of the molecule is COc1ccc(N2CCN(C=O)CC2)cc1NC(=O)c1ccccc1. The molecule has 0 aromatic heterocycles. The number of amides is 2. The van der Waals surface area contributed by atoms with E-state index in [1.807, 2.05) is 36.4 Å². The lowest BCUT2D eigenvalue weighted by atomic mass is 10.2. The van der Waals surface area contributed by atoms with Crippen molar-refractivity contribution in [1.82, 2.24) is 4.90 Å². The summed E-state index contributed by atoms with van der Waals surface area (Å²) in [4.78, 5) is 27.2. The third-order valence-corrected chi connectivity index (χ3v) is 4.30. The normalized spacial score (nSPS) is 14.1. The van der Waals surface area contributed by atoms with E-state index in [-0.39, 0.29) is 5.91 Å². The number of nitrogens with zero attached hydrogens (tertiary/aromatic N) is 2. The summed E-state index contributed by atoms with van der Waals surface area (Å²) in [5, 5.41) is 2.92. The Morgan fingerprint density at radius 1 is 1.08 bits per heavy atom. The van der Waals surface area contributed by atoms with E-state index in [4.69, 9.17) is 4.74 Å². The Morgan fingerprint density at radius 2 is 1.80 bits per heavy atom. The molecule has 2 aromatic rings. The Balaban J connectivity index is 1.78. The summed E-state index contributed by atoms with van der Waals surface area (Å²) >= 11 is 0. The lowest BCUT2D eigenvalue weighted by Crippen LogP contribution is -2.45. The molecule has 0 aliphatic carbocycles. The molecular formula is C19H21N3O3. The Bertz CT molecular complexity index is 741. The van der Waals surface area contributed by atoms with Crippen molar-refractivity contribution in [1.29, 1.82) is 0 Å². The van der Waals surface area contributed by atoms with Gasteiger partial charge >= 0.3 is 0 Å². The standard InChI is InChI=1S/C19H21N3O3/c1-25-18-8-7-16(22-11-9-21(14-23)10-12-22)13-17(18)20-19(24)15-5-3-2-4-6-15/h2-8,13-14H,9-12H2,1H3,(H,20,24). The lowest BCUT2D eigenvalue weighted by molar-refractivity contribution is -0.118. The van der Waals surface area contributed by atoms with Crippen molar-refractivity contribution in [3.8, 4) is 5.75 Å². The predicted molar refractivity (Wildman–Crippen MR) is 97.2 cm³/mol. The van der Waals surface area contributed by atoms with Gasteiger partial charge in [0.15, 0.2) is 0 Å². The Hall–Kier alpha value is -3.02. The third kappa shape index (κ3) is 3.91.